The number of carbonyl (C=O) groups is 5. The second-order valence-electron chi connectivity index (χ2n) is 14.4. The molecule has 4 rings (SSSR count). The van der Waals surface area contributed by atoms with Crippen LogP contribution < -0.4 is 20.7 Å². The van der Waals surface area contributed by atoms with Gasteiger partial charge in [-0.3, -0.25) is 19.2 Å². The van der Waals surface area contributed by atoms with E-state index in [2.05, 4.69) is 32.0 Å². The number of carbonyl (C=O) groups excluding carboxylic acids is 5. The molecule has 0 radical (unpaired) electrons. The number of alkyl carbamates (subject to hydrolysis) is 1. The van der Waals surface area contributed by atoms with Crippen LogP contribution in [0.5, 0.6) is 0 Å². The van der Waals surface area contributed by atoms with Gasteiger partial charge in [-0.25, -0.2) is 17.9 Å². The molecule has 0 saturated heterocycles. The molecule has 1 unspecified atom stereocenters. The maximum atomic E-state index is 14.3. The number of para-hydroxylation sites is 1. The molecule has 0 aromatic heterocycles. The molecule has 13 nitrogen and oxygen atoms in total. The van der Waals surface area contributed by atoms with Crippen molar-refractivity contribution in [2.45, 2.75) is 113 Å². The highest BCUT2D eigenvalue weighted by Gasteiger charge is 2.62. The van der Waals surface area contributed by atoms with Gasteiger partial charge in [0.15, 0.2) is 0 Å². The van der Waals surface area contributed by atoms with Crippen LogP contribution in [-0.4, -0.2) is 62.0 Å². The van der Waals surface area contributed by atoms with Gasteiger partial charge in [-0.1, -0.05) is 61.7 Å². The molecule has 3 atom stereocenters. The molecule has 4 amide bonds. The fourth-order valence-electron chi connectivity index (χ4n) is 6.42. The van der Waals surface area contributed by atoms with Crippen molar-refractivity contribution in [3.63, 3.8) is 0 Å². The Morgan fingerprint density at radius 1 is 0.885 bits per heavy atom. The molecule has 2 aliphatic carbocycles. The highest BCUT2D eigenvalue weighted by molar-refractivity contribution is 7.90. The van der Waals surface area contributed by atoms with E-state index in [0.717, 1.165) is 30.4 Å². The van der Waals surface area contributed by atoms with Gasteiger partial charge >= 0.3 is 12.1 Å². The number of unbranched alkanes of at least 4 members (excludes halogenated alkanes) is 4. The summed E-state index contributed by atoms with van der Waals surface area (Å²) >= 11 is 0. The molecule has 1 fully saturated rings. The number of anilines is 1. The molecule has 0 heterocycles. The summed E-state index contributed by atoms with van der Waals surface area (Å²) in [7, 11) is -3.19. The molecular formula is C38H50N4O9S. The van der Waals surface area contributed by atoms with Gasteiger partial charge in [-0.15, -0.1) is 6.58 Å². The zero-order valence-corrected chi connectivity index (χ0v) is 31.2. The van der Waals surface area contributed by atoms with E-state index < -0.39 is 56.4 Å². The molecule has 14 heteroatoms. The highest BCUT2D eigenvalue weighted by atomic mass is 32.2. The van der Waals surface area contributed by atoms with Crippen LogP contribution in [0.3, 0.4) is 0 Å². The minimum atomic E-state index is -4.54. The summed E-state index contributed by atoms with van der Waals surface area (Å²) in [6, 6.07) is 13.3. The van der Waals surface area contributed by atoms with E-state index in [4.69, 9.17) is 4.74 Å². The second-order valence-corrected chi connectivity index (χ2v) is 16.1. The molecule has 52 heavy (non-hydrogen) atoms. The Morgan fingerprint density at radius 2 is 1.52 bits per heavy atom. The molecule has 0 bridgehead atoms. The maximum Gasteiger partial charge on any atom is 0.408 e. The first-order valence-electron chi connectivity index (χ1n) is 17.6. The topological polar surface area (TPSA) is 186 Å². The minimum Gasteiger partial charge on any atom is -0.469 e. The van der Waals surface area contributed by atoms with E-state index in [1.165, 1.54) is 31.4 Å². The number of ether oxygens (including phenoxy) is 2. The van der Waals surface area contributed by atoms with Gasteiger partial charge in [0.25, 0.3) is 15.9 Å². The Hall–Kier alpha value is -4.72. The van der Waals surface area contributed by atoms with Gasteiger partial charge in [-0.05, 0) is 76.1 Å². The Labute approximate surface area is 305 Å². The number of fused-ring (bicyclic) bond motifs is 1. The van der Waals surface area contributed by atoms with Crippen LogP contribution in [0.25, 0.3) is 0 Å². The average molecular weight is 739 g/mol. The van der Waals surface area contributed by atoms with E-state index in [1.807, 2.05) is 24.3 Å². The third kappa shape index (κ3) is 10.2. The highest BCUT2D eigenvalue weighted by Crippen LogP contribution is 2.46. The predicted molar refractivity (Wildman–Crippen MR) is 194 cm³/mol. The van der Waals surface area contributed by atoms with E-state index >= 15 is 0 Å². The predicted octanol–water partition coefficient (Wildman–Crippen LogP) is 4.85. The number of rotatable bonds is 16. The standard InChI is InChI=1S/C38H50N4O9S/c1-6-28-25-38(28,40-33(45)37(41-35(47)51-36(2,3)4)23-22-26-16-12-13-17-27(26)24-37)34(46)42-52(48,49)30-19-15-14-18-29(30)39-31(43)20-10-8-7-9-11-21-32(44)50-5/h6,12-19,28H,1,7-11,20-25H2,2-5H3,(H,39,43)(H,40,45)(H,41,47)(H,42,46)/t28-,37?,38+/m1/s1. The largest absolute Gasteiger partial charge is 0.469 e. The number of hydrogen-bond acceptors (Lipinski definition) is 9. The van der Waals surface area contributed by atoms with Crippen LogP contribution in [0.1, 0.15) is 89.7 Å². The maximum absolute atomic E-state index is 14.3. The van der Waals surface area contributed by atoms with E-state index in [9.17, 15) is 32.4 Å². The lowest BCUT2D eigenvalue weighted by Gasteiger charge is -2.39. The average Bonchev–Trinajstić information content (AvgIpc) is 3.80. The number of nitrogens with one attached hydrogen (secondary N) is 4. The Kier molecular flexibility index (Phi) is 12.9. The van der Waals surface area contributed by atoms with Gasteiger partial charge in [-0.2, -0.15) is 0 Å². The summed E-state index contributed by atoms with van der Waals surface area (Å²) in [5, 5.41) is 8.22. The van der Waals surface area contributed by atoms with Gasteiger partial charge in [0, 0.05) is 25.2 Å². The molecule has 2 aliphatic rings. The number of hydrogen-bond donors (Lipinski definition) is 4. The van der Waals surface area contributed by atoms with E-state index in [0.29, 0.717) is 25.7 Å². The number of sulfonamides is 1. The number of aryl methyl sites for hydroxylation is 1. The van der Waals surface area contributed by atoms with Crippen LogP contribution in [0.15, 0.2) is 66.1 Å². The first-order chi connectivity index (χ1) is 24.5. The van der Waals surface area contributed by atoms with Crippen LogP contribution in [0.4, 0.5) is 10.5 Å². The molecule has 2 aromatic carbocycles. The Morgan fingerprint density at radius 3 is 2.17 bits per heavy atom. The Balaban J connectivity index is 1.46. The molecule has 4 N–H and O–H groups in total. The van der Waals surface area contributed by atoms with Crippen molar-refractivity contribution >= 4 is 45.5 Å². The lowest BCUT2D eigenvalue weighted by molar-refractivity contribution is -0.140. The van der Waals surface area contributed by atoms with Crippen molar-refractivity contribution in [2.75, 3.05) is 12.4 Å². The van der Waals surface area contributed by atoms with E-state index in [-0.39, 0.29) is 42.2 Å². The van der Waals surface area contributed by atoms with Crippen molar-refractivity contribution in [1.82, 2.24) is 15.4 Å². The van der Waals surface area contributed by atoms with Gasteiger partial charge in [0.2, 0.25) is 11.8 Å². The number of amides is 4. The smallest absolute Gasteiger partial charge is 0.408 e. The monoisotopic (exact) mass is 738 g/mol. The summed E-state index contributed by atoms with van der Waals surface area (Å²) in [6.07, 6.45) is 5.75. The summed E-state index contributed by atoms with van der Waals surface area (Å²) in [4.78, 5) is 64.9. The summed E-state index contributed by atoms with van der Waals surface area (Å²) in [6.45, 7) is 8.89. The first kappa shape index (κ1) is 40.1. The van der Waals surface area contributed by atoms with Gasteiger partial charge in [0.1, 0.15) is 21.6 Å². The molecule has 1 saturated carbocycles. The van der Waals surface area contributed by atoms with Crippen LogP contribution in [0, 0.1) is 5.92 Å². The minimum absolute atomic E-state index is 0.00131. The Bertz CT molecular complexity index is 1790. The van der Waals surface area contributed by atoms with Gasteiger partial charge in [0.05, 0.1) is 12.8 Å². The van der Waals surface area contributed by atoms with Crippen molar-refractivity contribution in [3.8, 4) is 0 Å². The fraction of sp³-hybridized carbons (Fsp3) is 0.500. The zero-order valence-electron chi connectivity index (χ0n) is 30.3. The summed E-state index contributed by atoms with van der Waals surface area (Å²) in [5.74, 6) is -2.85. The number of benzene rings is 2. The summed E-state index contributed by atoms with van der Waals surface area (Å²) in [5.41, 5.74) is -2.09. The van der Waals surface area contributed by atoms with E-state index in [1.54, 1.807) is 26.8 Å². The quantitative estimate of drug-likeness (QED) is 0.106. The molecule has 0 spiro atoms. The third-order valence-electron chi connectivity index (χ3n) is 9.34. The lowest BCUT2D eigenvalue weighted by atomic mass is 9.77. The van der Waals surface area contributed by atoms with Crippen molar-refractivity contribution in [1.29, 1.82) is 0 Å². The van der Waals surface area contributed by atoms with Gasteiger partial charge < -0.3 is 25.4 Å². The molecule has 2 aromatic rings. The van der Waals surface area contributed by atoms with Crippen LogP contribution in [0.2, 0.25) is 0 Å². The zero-order chi connectivity index (χ0) is 38.2. The summed E-state index contributed by atoms with van der Waals surface area (Å²) < 4.78 is 39.6. The van der Waals surface area contributed by atoms with Crippen LogP contribution in [-0.2, 0) is 51.5 Å². The molecular weight excluding hydrogens is 689 g/mol. The van der Waals surface area contributed by atoms with Crippen molar-refractivity contribution in [2.24, 2.45) is 5.92 Å². The van der Waals surface area contributed by atoms with Crippen LogP contribution >= 0.6 is 0 Å². The third-order valence-corrected chi connectivity index (χ3v) is 10.7. The lowest BCUT2D eigenvalue weighted by Crippen LogP contribution is -2.65. The van der Waals surface area contributed by atoms with Crippen molar-refractivity contribution < 1.29 is 41.9 Å². The number of methoxy groups -OCH3 is 1. The van der Waals surface area contributed by atoms with Crippen molar-refractivity contribution in [3.05, 3.63) is 72.3 Å². The first-order valence-corrected chi connectivity index (χ1v) is 19.1. The normalized spacial score (nSPS) is 20.7. The second kappa shape index (κ2) is 16.7. The fourth-order valence-corrected chi connectivity index (χ4v) is 7.62. The number of esters is 1. The SMILES string of the molecule is C=C[C@@H]1C[C@@]1(NC(=O)C1(NC(=O)OC(C)(C)C)CCc2ccccc2C1)C(=O)NS(=O)(=O)c1ccccc1NC(=O)CCCCCCCC(=O)OC. The molecule has 0 aliphatic heterocycles. The molecule has 282 valence electrons.